The van der Waals surface area contributed by atoms with E-state index >= 15 is 0 Å². The van der Waals surface area contributed by atoms with Gasteiger partial charge < -0.3 is 15.5 Å². The molecule has 0 unspecified atom stereocenters. The van der Waals surface area contributed by atoms with Crippen molar-refractivity contribution in [2.75, 3.05) is 28.6 Å². The molecular weight excluding hydrogens is 364 g/mol. The first kappa shape index (κ1) is 19.8. The molecule has 29 heavy (non-hydrogen) atoms. The number of benzene rings is 2. The van der Waals surface area contributed by atoms with E-state index in [0.717, 1.165) is 24.5 Å². The van der Waals surface area contributed by atoms with Crippen LogP contribution in [0.4, 0.5) is 22.9 Å². The highest BCUT2D eigenvalue weighted by atomic mass is 16.1. The lowest BCUT2D eigenvalue weighted by molar-refractivity contribution is 0.102. The van der Waals surface area contributed by atoms with Crippen LogP contribution in [-0.4, -0.2) is 29.0 Å². The van der Waals surface area contributed by atoms with E-state index in [1.807, 2.05) is 18.2 Å². The van der Waals surface area contributed by atoms with Gasteiger partial charge in [-0.1, -0.05) is 12.1 Å². The second-order valence-corrected chi connectivity index (χ2v) is 6.24. The number of nitriles is 1. The van der Waals surface area contributed by atoms with Crippen molar-refractivity contribution in [2.24, 2.45) is 0 Å². The summed E-state index contributed by atoms with van der Waals surface area (Å²) in [4.78, 5) is 23.1. The Kier molecular flexibility index (Phi) is 6.38. The lowest BCUT2D eigenvalue weighted by atomic mass is 10.2. The van der Waals surface area contributed by atoms with E-state index in [1.165, 1.54) is 12.4 Å². The Morgan fingerprint density at radius 2 is 1.76 bits per heavy atom. The first-order valence-electron chi connectivity index (χ1n) is 9.39. The highest BCUT2D eigenvalue weighted by molar-refractivity contribution is 6.03. The van der Waals surface area contributed by atoms with E-state index in [9.17, 15) is 4.79 Å². The highest BCUT2D eigenvalue weighted by Gasteiger charge is 2.11. The molecule has 0 atom stereocenters. The molecule has 1 amide bonds. The minimum Gasteiger partial charge on any atom is -0.372 e. The number of nitrogens with zero attached hydrogens (tertiary/aromatic N) is 4. The van der Waals surface area contributed by atoms with E-state index in [2.05, 4.69) is 51.5 Å². The molecular formula is C22H22N6O. The van der Waals surface area contributed by atoms with Gasteiger partial charge in [-0.25, -0.2) is 9.97 Å². The first-order chi connectivity index (χ1) is 14.1. The molecule has 0 aliphatic rings. The topological polar surface area (TPSA) is 93.9 Å². The number of para-hydroxylation sites is 1. The predicted molar refractivity (Wildman–Crippen MR) is 114 cm³/mol. The Hall–Kier alpha value is -3.92. The number of anilines is 4. The lowest BCUT2D eigenvalue weighted by Gasteiger charge is -2.21. The van der Waals surface area contributed by atoms with Crippen LogP contribution in [0.3, 0.4) is 0 Å². The Bertz CT molecular complexity index is 1000. The Morgan fingerprint density at radius 3 is 2.38 bits per heavy atom. The van der Waals surface area contributed by atoms with Crippen LogP contribution >= 0.6 is 0 Å². The molecule has 0 aliphatic carbocycles. The van der Waals surface area contributed by atoms with Gasteiger partial charge >= 0.3 is 0 Å². The van der Waals surface area contributed by atoms with Gasteiger partial charge in [0, 0.05) is 24.5 Å². The Morgan fingerprint density at radius 1 is 1.03 bits per heavy atom. The molecule has 3 aromatic rings. The van der Waals surface area contributed by atoms with Crippen LogP contribution in [0, 0.1) is 11.3 Å². The summed E-state index contributed by atoms with van der Waals surface area (Å²) in [6.45, 7) is 6.16. The smallest absolute Gasteiger partial charge is 0.275 e. The van der Waals surface area contributed by atoms with Gasteiger partial charge in [-0.15, -0.1) is 0 Å². The summed E-state index contributed by atoms with van der Waals surface area (Å²) in [5.41, 5.74) is 3.05. The van der Waals surface area contributed by atoms with Crippen molar-refractivity contribution in [1.82, 2.24) is 9.97 Å². The van der Waals surface area contributed by atoms with Crippen molar-refractivity contribution in [3.05, 3.63) is 72.2 Å². The van der Waals surface area contributed by atoms with Gasteiger partial charge in [0.1, 0.15) is 17.6 Å². The average molecular weight is 386 g/mol. The van der Waals surface area contributed by atoms with E-state index in [-0.39, 0.29) is 5.69 Å². The quantitative estimate of drug-likeness (QED) is 0.632. The zero-order valence-electron chi connectivity index (χ0n) is 16.4. The molecule has 0 fully saturated rings. The minimum absolute atomic E-state index is 0.167. The number of carbonyl (C=O) groups excluding carboxylic acids is 1. The molecule has 0 radical (unpaired) electrons. The van der Waals surface area contributed by atoms with Gasteiger partial charge in [-0.2, -0.15) is 5.26 Å². The molecule has 2 N–H and O–H groups in total. The first-order valence-corrected chi connectivity index (χ1v) is 9.39. The summed E-state index contributed by atoms with van der Waals surface area (Å²) in [6, 6.07) is 16.9. The van der Waals surface area contributed by atoms with E-state index in [4.69, 9.17) is 5.26 Å². The summed E-state index contributed by atoms with van der Waals surface area (Å²) in [7, 11) is 0. The SMILES string of the molecule is CCN(CC)c1ccc(Nc2cnc(C(=O)Nc3ccccc3C#N)cn2)cc1. The van der Waals surface area contributed by atoms with Gasteiger partial charge in [0.2, 0.25) is 0 Å². The third-order valence-corrected chi connectivity index (χ3v) is 4.45. The van der Waals surface area contributed by atoms with Gasteiger partial charge in [-0.05, 0) is 50.2 Å². The van der Waals surface area contributed by atoms with Crippen LogP contribution in [0.15, 0.2) is 60.9 Å². The molecule has 1 heterocycles. The molecule has 146 valence electrons. The molecule has 3 rings (SSSR count). The van der Waals surface area contributed by atoms with Crippen LogP contribution in [0.1, 0.15) is 29.9 Å². The fourth-order valence-electron chi connectivity index (χ4n) is 2.88. The second kappa shape index (κ2) is 9.33. The van der Waals surface area contributed by atoms with Crippen LogP contribution in [0.25, 0.3) is 0 Å². The van der Waals surface area contributed by atoms with Crippen LogP contribution in [-0.2, 0) is 0 Å². The summed E-state index contributed by atoms with van der Waals surface area (Å²) >= 11 is 0. The molecule has 0 saturated carbocycles. The number of carbonyl (C=O) groups is 1. The second-order valence-electron chi connectivity index (χ2n) is 6.24. The monoisotopic (exact) mass is 386 g/mol. The maximum Gasteiger partial charge on any atom is 0.275 e. The highest BCUT2D eigenvalue weighted by Crippen LogP contribution is 2.20. The van der Waals surface area contributed by atoms with Crippen LogP contribution in [0.5, 0.6) is 0 Å². The molecule has 7 nitrogen and oxygen atoms in total. The molecule has 1 aromatic heterocycles. The normalized spacial score (nSPS) is 10.1. The average Bonchev–Trinajstić information content (AvgIpc) is 2.76. The third kappa shape index (κ3) is 4.87. The zero-order valence-corrected chi connectivity index (χ0v) is 16.4. The van der Waals surface area contributed by atoms with Gasteiger partial charge in [-0.3, -0.25) is 4.79 Å². The zero-order chi connectivity index (χ0) is 20.6. The molecule has 0 spiro atoms. The maximum absolute atomic E-state index is 12.4. The Labute approximate surface area is 170 Å². The largest absolute Gasteiger partial charge is 0.372 e. The lowest BCUT2D eigenvalue weighted by Crippen LogP contribution is -2.21. The fourth-order valence-corrected chi connectivity index (χ4v) is 2.88. The molecule has 2 aromatic carbocycles. The molecule has 0 saturated heterocycles. The summed E-state index contributed by atoms with van der Waals surface area (Å²) in [5.74, 6) is 0.116. The van der Waals surface area contributed by atoms with Crippen LogP contribution in [0.2, 0.25) is 0 Å². The minimum atomic E-state index is -0.421. The number of rotatable bonds is 7. The number of aromatic nitrogens is 2. The molecule has 0 aliphatic heterocycles. The summed E-state index contributed by atoms with van der Waals surface area (Å²) in [6.07, 6.45) is 2.90. The number of hydrogen-bond donors (Lipinski definition) is 2. The standard InChI is InChI=1S/C22H22N6O/c1-3-28(4-2)18-11-9-17(10-12-18)26-21-15-24-20(14-25-21)22(29)27-19-8-6-5-7-16(19)13-23/h5-12,14-15H,3-4H2,1-2H3,(H,25,26)(H,27,29). The summed E-state index contributed by atoms with van der Waals surface area (Å²) in [5, 5.41) is 15.0. The van der Waals surface area contributed by atoms with Crippen molar-refractivity contribution >= 4 is 28.8 Å². The number of amides is 1. The third-order valence-electron chi connectivity index (χ3n) is 4.45. The van der Waals surface area contributed by atoms with Crippen molar-refractivity contribution in [3.8, 4) is 6.07 Å². The Balaban J connectivity index is 1.65. The van der Waals surface area contributed by atoms with Crippen LogP contribution < -0.4 is 15.5 Å². The van der Waals surface area contributed by atoms with E-state index in [0.29, 0.717) is 17.1 Å². The maximum atomic E-state index is 12.4. The van der Waals surface area contributed by atoms with Gasteiger partial charge in [0.05, 0.1) is 23.6 Å². The van der Waals surface area contributed by atoms with Crippen molar-refractivity contribution in [2.45, 2.75) is 13.8 Å². The van der Waals surface area contributed by atoms with Crippen molar-refractivity contribution < 1.29 is 4.79 Å². The van der Waals surface area contributed by atoms with E-state index in [1.54, 1.807) is 24.3 Å². The van der Waals surface area contributed by atoms with Crippen molar-refractivity contribution in [3.63, 3.8) is 0 Å². The number of nitrogens with one attached hydrogen (secondary N) is 2. The number of hydrogen-bond acceptors (Lipinski definition) is 6. The molecule has 7 heteroatoms. The van der Waals surface area contributed by atoms with E-state index < -0.39 is 5.91 Å². The molecule has 0 bridgehead atoms. The summed E-state index contributed by atoms with van der Waals surface area (Å²) < 4.78 is 0. The fraction of sp³-hybridized carbons (Fsp3) is 0.182. The van der Waals surface area contributed by atoms with Gasteiger partial charge in [0.15, 0.2) is 0 Å². The van der Waals surface area contributed by atoms with Crippen molar-refractivity contribution in [1.29, 1.82) is 5.26 Å². The van der Waals surface area contributed by atoms with Gasteiger partial charge in [0.25, 0.3) is 5.91 Å². The predicted octanol–water partition coefficient (Wildman–Crippen LogP) is 4.19.